The van der Waals surface area contributed by atoms with Gasteiger partial charge in [-0.05, 0) is 36.2 Å². The predicted octanol–water partition coefficient (Wildman–Crippen LogP) is 4.81. The Morgan fingerprint density at radius 1 is 1.22 bits per heavy atom. The number of hydrogen-bond donors (Lipinski definition) is 0. The molecule has 0 amide bonds. The van der Waals surface area contributed by atoms with E-state index in [2.05, 4.69) is 6.07 Å². The summed E-state index contributed by atoms with van der Waals surface area (Å²) in [6.45, 7) is 2.03. The number of benzene rings is 2. The molecule has 0 atom stereocenters. The molecule has 0 N–H and O–H groups in total. The maximum absolute atomic E-state index is 9.07. The van der Waals surface area contributed by atoms with Crippen LogP contribution in [0.1, 0.15) is 16.7 Å². The van der Waals surface area contributed by atoms with Crippen LogP contribution in [0, 0.1) is 18.3 Å². The van der Waals surface area contributed by atoms with Crippen LogP contribution in [0.2, 0.25) is 5.02 Å². The van der Waals surface area contributed by atoms with E-state index in [1.807, 2.05) is 49.4 Å². The average molecular weight is 274 g/mol. The summed E-state index contributed by atoms with van der Waals surface area (Å²) in [7, 11) is 0. The van der Waals surface area contributed by atoms with E-state index in [1.165, 1.54) is 0 Å². The van der Waals surface area contributed by atoms with Crippen LogP contribution in [0.5, 0.6) is 0 Å². The molecule has 0 radical (unpaired) electrons. The molecular formula is C15H12ClNS. The second-order valence-corrected chi connectivity index (χ2v) is 5.42. The van der Waals surface area contributed by atoms with Crippen LogP contribution in [0.3, 0.4) is 0 Å². The molecule has 0 unspecified atom stereocenters. The van der Waals surface area contributed by atoms with Gasteiger partial charge in [0.2, 0.25) is 0 Å². The third-order valence-corrected chi connectivity index (χ3v) is 4.07. The number of thioether (sulfide) groups is 1. The smallest absolute Gasteiger partial charge is 0.100 e. The standard InChI is InChI=1S/C15H12ClNS/c1-11-6-7-12(9-17)15(8-11)18-10-13-4-2-3-5-14(13)16/h2-8H,10H2,1H3. The van der Waals surface area contributed by atoms with E-state index < -0.39 is 0 Å². The maximum atomic E-state index is 9.07. The summed E-state index contributed by atoms with van der Waals surface area (Å²) in [6, 6.07) is 15.9. The zero-order valence-corrected chi connectivity index (χ0v) is 11.6. The van der Waals surface area contributed by atoms with Crippen LogP contribution >= 0.6 is 23.4 Å². The highest BCUT2D eigenvalue weighted by atomic mass is 35.5. The van der Waals surface area contributed by atoms with Gasteiger partial charge in [-0.25, -0.2) is 0 Å². The minimum atomic E-state index is 0.720. The second-order valence-electron chi connectivity index (χ2n) is 3.99. The Kier molecular flexibility index (Phi) is 4.30. The van der Waals surface area contributed by atoms with E-state index in [9.17, 15) is 0 Å². The Bertz CT molecular complexity index is 602. The molecule has 2 aromatic rings. The van der Waals surface area contributed by atoms with Gasteiger partial charge < -0.3 is 0 Å². The molecule has 0 aliphatic carbocycles. The molecule has 18 heavy (non-hydrogen) atoms. The normalized spacial score (nSPS) is 10.1. The Morgan fingerprint density at radius 3 is 2.72 bits per heavy atom. The first-order valence-corrected chi connectivity index (χ1v) is 6.94. The van der Waals surface area contributed by atoms with Crippen molar-refractivity contribution in [2.24, 2.45) is 0 Å². The third kappa shape index (κ3) is 3.07. The van der Waals surface area contributed by atoms with Gasteiger partial charge in [-0.1, -0.05) is 35.9 Å². The summed E-state index contributed by atoms with van der Waals surface area (Å²) < 4.78 is 0. The lowest BCUT2D eigenvalue weighted by Crippen LogP contribution is -1.86. The van der Waals surface area contributed by atoms with Crippen LogP contribution < -0.4 is 0 Å². The molecule has 0 fully saturated rings. The van der Waals surface area contributed by atoms with Crippen molar-refractivity contribution in [1.29, 1.82) is 5.26 Å². The van der Waals surface area contributed by atoms with Crippen LogP contribution in [-0.4, -0.2) is 0 Å². The monoisotopic (exact) mass is 273 g/mol. The van der Waals surface area contributed by atoms with Gasteiger partial charge >= 0.3 is 0 Å². The van der Waals surface area contributed by atoms with Crippen molar-refractivity contribution in [2.45, 2.75) is 17.6 Å². The van der Waals surface area contributed by atoms with Crippen molar-refractivity contribution >= 4 is 23.4 Å². The van der Waals surface area contributed by atoms with Gasteiger partial charge in [0, 0.05) is 15.7 Å². The molecule has 90 valence electrons. The Hall–Kier alpha value is -1.43. The van der Waals surface area contributed by atoms with Gasteiger partial charge in [0.15, 0.2) is 0 Å². The molecule has 0 saturated heterocycles. The molecule has 0 saturated carbocycles. The highest BCUT2D eigenvalue weighted by Gasteiger charge is 2.05. The Labute approximate surface area is 116 Å². The topological polar surface area (TPSA) is 23.8 Å². The predicted molar refractivity (Wildman–Crippen MR) is 76.9 cm³/mol. The molecule has 0 heterocycles. The van der Waals surface area contributed by atoms with Crippen LogP contribution in [-0.2, 0) is 5.75 Å². The second kappa shape index (κ2) is 5.95. The fourth-order valence-electron chi connectivity index (χ4n) is 1.61. The molecular weight excluding hydrogens is 262 g/mol. The van der Waals surface area contributed by atoms with Crippen LogP contribution in [0.4, 0.5) is 0 Å². The van der Waals surface area contributed by atoms with Crippen molar-refractivity contribution in [3.05, 3.63) is 64.2 Å². The summed E-state index contributed by atoms with van der Waals surface area (Å²) in [5.41, 5.74) is 2.97. The van der Waals surface area contributed by atoms with E-state index in [0.29, 0.717) is 0 Å². The van der Waals surface area contributed by atoms with Crippen molar-refractivity contribution < 1.29 is 0 Å². The van der Waals surface area contributed by atoms with Gasteiger partial charge in [0.1, 0.15) is 6.07 Å². The Balaban J connectivity index is 2.18. The van der Waals surface area contributed by atoms with Crippen LogP contribution in [0.25, 0.3) is 0 Å². The molecule has 3 heteroatoms. The molecule has 0 bridgehead atoms. The molecule has 1 nitrogen and oxygen atoms in total. The van der Waals surface area contributed by atoms with Gasteiger partial charge in [-0.2, -0.15) is 5.26 Å². The van der Waals surface area contributed by atoms with E-state index in [4.69, 9.17) is 16.9 Å². The zero-order chi connectivity index (χ0) is 13.0. The quantitative estimate of drug-likeness (QED) is 0.749. The van der Waals surface area contributed by atoms with E-state index in [0.717, 1.165) is 32.4 Å². The largest absolute Gasteiger partial charge is 0.192 e. The lowest BCUT2D eigenvalue weighted by molar-refractivity contribution is 1.30. The minimum absolute atomic E-state index is 0.720. The van der Waals surface area contributed by atoms with Crippen molar-refractivity contribution in [2.75, 3.05) is 0 Å². The lowest BCUT2D eigenvalue weighted by Gasteiger charge is -2.06. The first-order valence-electron chi connectivity index (χ1n) is 5.57. The van der Waals surface area contributed by atoms with Crippen molar-refractivity contribution in [1.82, 2.24) is 0 Å². The van der Waals surface area contributed by atoms with Crippen LogP contribution in [0.15, 0.2) is 47.4 Å². The van der Waals surface area contributed by atoms with Crippen molar-refractivity contribution in [3.8, 4) is 6.07 Å². The van der Waals surface area contributed by atoms with Gasteiger partial charge in [-0.3, -0.25) is 0 Å². The van der Waals surface area contributed by atoms with Gasteiger partial charge in [-0.15, -0.1) is 11.8 Å². The SMILES string of the molecule is Cc1ccc(C#N)c(SCc2ccccc2Cl)c1. The number of aryl methyl sites for hydroxylation is 1. The number of hydrogen-bond acceptors (Lipinski definition) is 2. The van der Waals surface area contributed by atoms with E-state index in [-0.39, 0.29) is 0 Å². The third-order valence-electron chi connectivity index (χ3n) is 2.60. The van der Waals surface area contributed by atoms with Gasteiger partial charge in [0.25, 0.3) is 0 Å². The number of rotatable bonds is 3. The van der Waals surface area contributed by atoms with E-state index in [1.54, 1.807) is 11.8 Å². The summed E-state index contributed by atoms with van der Waals surface area (Å²) in [5, 5.41) is 9.85. The van der Waals surface area contributed by atoms with Crippen molar-refractivity contribution in [3.63, 3.8) is 0 Å². The molecule has 2 aromatic carbocycles. The Morgan fingerprint density at radius 2 is 2.00 bits per heavy atom. The average Bonchev–Trinajstić information content (AvgIpc) is 2.38. The first kappa shape index (κ1) is 13.0. The first-order chi connectivity index (χ1) is 8.70. The molecule has 0 aromatic heterocycles. The number of halogens is 1. The number of nitriles is 1. The highest BCUT2D eigenvalue weighted by molar-refractivity contribution is 7.98. The summed E-state index contributed by atoms with van der Waals surface area (Å²) >= 11 is 7.76. The highest BCUT2D eigenvalue weighted by Crippen LogP contribution is 2.29. The van der Waals surface area contributed by atoms with E-state index >= 15 is 0 Å². The molecule has 0 aliphatic rings. The van der Waals surface area contributed by atoms with Gasteiger partial charge in [0.05, 0.1) is 5.56 Å². The summed E-state index contributed by atoms with van der Waals surface area (Å²) in [5.74, 6) is 0.776. The number of nitrogens with zero attached hydrogens (tertiary/aromatic N) is 1. The molecule has 0 spiro atoms. The molecule has 2 rings (SSSR count). The maximum Gasteiger partial charge on any atom is 0.100 e. The zero-order valence-electron chi connectivity index (χ0n) is 9.98. The molecule has 0 aliphatic heterocycles. The lowest BCUT2D eigenvalue weighted by atomic mass is 10.2. The summed E-state index contributed by atoms with van der Waals surface area (Å²) in [6.07, 6.45) is 0. The minimum Gasteiger partial charge on any atom is -0.192 e. The summed E-state index contributed by atoms with van der Waals surface area (Å²) in [4.78, 5) is 1.01. The fourth-order valence-corrected chi connectivity index (χ4v) is 3.00. The fraction of sp³-hybridized carbons (Fsp3) is 0.133.